The fraction of sp³-hybridized carbons (Fsp3) is 0.571. The third-order valence-corrected chi connectivity index (χ3v) is 3.34. The Bertz CT molecular complexity index is 365. The molecule has 1 unspecified atom stereocenters. The van der Waals surface area contributed by atoms with Gasteiger partial charge in [-0.05, 0) is 36.6 Å². The van der Waals surface area contributed by atoms with E-state index in [1.165, 1.54) is 16.7 Å². The largest absolute Gasteiger partial charge is 0.385 e. The summed E-state index contributed by atoms with van der Waals surface area (Å²) in [5.41, 5.74) is 4.03. The van der Waals surface area contributed by atoms with Gasteiger partial charge in [-0.2, -0.15) is 0 Å². The minimum atomic E-state index is 0.413. The maximum Gasteiger partial charge on any atom is 0.0725 e. The van der Waals surface area contributed by atoms with Crippen LogP contribution in [-0.4, -0.2) is 20.8 Å². The van der Waals surface area contributed by atoms with Gasteiger partial charge in [0.15, 0.2) is 0 Å². The Balaban J connectivity index is 2.03. The van der Waals surface area contributed by atoms with E-state index in [4.69, 9.17) is 9.47 Å². The number of ether oxygens (including phenoxy) is 2. The van der Waals surface area contributed by atoms with Crippen molar-refractivity contribution in [1.82, 2.24) is 5.32 Å². The molecule has 1 N–H and O–H groups in total. The Kier molecular flexibility index (Phi) is 4.54. The van der Waals surface area contributed by atoms with E-state index in [1.54, 1.807) is 7.11 Å². The van der Waals surface area contributed by atoms with E-state index in [0.29, 0.717) is 6.04 Å². The Hall–Kier alpha value is -0.900. The van der Waals surface area contributed by atoms with Crippen LogP contribution in [0.3, 0.4) is 0 Å². The summed E-state index contributed by atoms with van der Waals surface area (Å²) < 4.78 is 10.5. The smallest absolute Gasteiger partial charge is 0.0725 e. The molecule has 3 heteroatoms. The van der Waals surface area contributed by atoms with E-state index in [0.717, 1.165) is 32.7 Å². The van der Waals surface area contributed by atoms with Gasteiger partial charge in [-0.25, -0.2) is 0 Å². The van der Waals surface area contributed by atoms with Crippen LogP contribution >= 0.6 is 0 Å². The molecular weight excluding hydrogens is 214 g/mol. The van der Waals surface area contributed by atoms with E-state index in [9.17, 15) is 0 Å². The van der Waals surface area contributed by atoms with Crippen molar-refractivity contribution < 1.29 is 9.47 Å². The molecular formula is C14H21NO2. The van der Waals surface area contributed by atoms with Crippen LogP contribution in [0.15, 0.2) is 18.2 Å². The van der Waals surface area contributed by atoms with Crippen LogP contribution < -0.4 is 5.32 Å². The number of rotatable bonds is 6. The molecule has 0 bridgehead atoms. The molecule has 94 valence electrons. The number of benzene rings is 1. The topological polar surface area (TPSA) is 30.5 Å². The molecule has 1 aliphatic rings. The van der Waals surface area contributed by atoms with Crippen LogP contribution in [-0.2, 0) is 22.7 Å². The van der Waals surface area contributed by atoms with Gasteiger partial charge in [0.05, 0.1) is 13.2 Å². The lowest BCUT2D eigenvalue weighted by Crippen LogP contribution is -2.17. The molecule has 0 aliphatic carbocycles. The van der Waals surface area contributed by atoms with Crippen LogP contribution in [0.2, 0.25) is 0 Å². The highest BCUT2D eigenvalue weighted by Crippen LogP contribution is 2.25. The highest BCUT2D eigenvalue weighted by Gasteiger charge is 2.15. The molecule has 0 saturated carbocycles. The summed E-state index contributed by atoms with van der Waals surface area (Å²) in [5, 5.41) is 3.37. The minimum absolute atomic E-state index is 0.413. The van der Waals surface area contributed by atoms with E-state index in [2.05, 4.69) is 23.5 Å². The minimum Gasteiger partial charge on any atom is -0.385 e. The van der Waals surface area contributed by atoms with Crippen LogP contribution in [0.5, 0.6) is 0 Å². The molecule has 0 aromatic heterocycles. The summed E-state index contributed by atoms with van der Waals surface area (Å²) in [6.45, 7) is 2.35. The standard InChI is InChI=1S/C14H21NO2/c1-15-14(4-3-7-16-2)11-5-6-12-9-17-10-13(12)8-11/h5-6,8,14-15H,3-4,7,9-10H2,1-2H3. The second kappa shape index (κ2) is 6.15. The third-order valence-electron chi connectivity index (χ3n) is 3.34. The number of fused-ring (bicyclic) bond motifs is 1. The Morgan fingerprint density at radius 3 is 2.94 bits per heavy atom. The van der Waals surface area contributed by atoms with Gasteiger partial charge in [0.1, 0.15) is 0 Å². The molecule has 0 spiro atoms. The van der Waals surface area contributed by atoms with Crippen molar-refractivity contribution in [2.45, 2.75) is 32.1 Å². The lowest BCUT2D eigenvalue weighted by Gasteiger charge is -2.17. The SMILES string of the molecule is CNC(CCCOC)c1ccc2c(c1)COC2. The molecule has 0 amide bonds. The fourth-order valence-corrected chi connectivity index (χ4v) is 2.32. The van der Waals surface area contributed by atoms with Crippen LogP contribution in [0, 0.1) is 0 Å². The Morgan fingerprint density at radius 1 is 1.35 bits per heavy atom. The van der Waals surface area contributed by atoms with Gasteiger partial charge in [-0.15, -0.1) is 0 Å². The maximum atomic E-state index is 5.44. The molecule has 0 fully saturated rings. The highest BCUT2D eigenvalue weighted by atomic mass is 16.5. The number of methoxy groups -OCH3 is 1. The van der Waals surface area contributed by atoms with E-state index in [1.807, 2.05) is 7.05 Å². The van der Waals surface area contributed by atoms with Crippen molar-refractivity contribution in [2.75, 3.05) is 20.8 Å². The molecule has 1 aliphatic heterocycles. The second-order valence-corrected chi connectivity index (χ2v) is 4.50. The van der Waals surface area contributed by atoms with Crippen LogP contribution in [0.4, 0.5) is 0 Å². The van der Waals surface area contributed by atoms with E-state index in [-0.39, 0.29) is 0 Å². The van der Waals surface area contributed by atoms with Crippen LogP contribution in [0.25, 0.3) is 0 Å². The van der Waals surface area contributed by atoms with Crippen molar-refractivity contribution in [3.8, 4) is 0 Å². The molecule has 0 radical (unpaired) electrons. The molecule has 1 atom stereocenters. The second-order valence-electron chi connectivity index (χ2n) is 4.50. The summed E-state index contributed by atoms with van der Waals surface area (Å²) >= 11 is 0. The average molecular weight is 235 g/mol. The van der Waals surface area contributed by atoms with Gasteiger partial charge in [0.25, 0.3) is 0 Å². The predicted octanol–water partition coefficient (Wildman–Crippen LogP) is 2.40. The Labute approximate surface area is 103 Å². The van der Waals surface area contributed by atoms with Crippen molar-refractivity contribution in [3.05, 3.63) is 34.9 Å². The third kappa shape index (κ3) is 3.06. The molecule has 0 saturated heterocycles. The van der Waals surface area contributed by atoms with Gasteiger partial charge in [-0.3, -0.25) is 0 Å². The quantitative estimate of drug-likeness (QED) is 0.768. The molecule has 3 nitrogen and oxygen atoms in total. The van der Waals surface area contributed by atoms with Crippen molar-refractivity contribution >= 4 is 0 Å². The number of nitrogens with one attached hydrogen (secondary N) is 1. The summed E-state index contributed by atoms with van der Waals surface area (Å²) in [7, 11) is 3.77. The summed E-state index contributed by atoms with van der Waals surface area (Å²) in [6, 6.07) is 7.09. The first-order valence-corrected chi connectivity index (χ1v) is 6.21. The lowest BCUT2D eigenvalue weighted by molar-refractivity contribution is 0.134. The van der Waals surface area contributed by atoms with Crippen molar-refractivity contribution in [2.24, 2.45) is 0 Å². The fourth-order valence-electron chi connectivity index (χ4n) is 2.32. The first-order chi connectivity index (χ1) is 8.35. The summed E-state index contributed by atoms with van der Waals surface area (Å²) in [6.07, 6.45) is 2.18. The monoisotopic (exact) mass is 235 g/mol. The Morgan fingerprint density at radius 2 is 2.18 bits per heavy atom. The molecule has 1 aromatic rings. The first-order valence-electron chi connectivity index (χ1n) is 6.21. The molecule has 2 rings (SSSR count). The molecule has 1 heterocycles. The summed E-state index contributed by atoms with van der Waals surface area (Å²) in [5.74, 6) is 0. The lowest BCUT2D eigenvalue weighted by atomic mass is 9.98. The van der Waals surface area contributed by atoms with Gasteiger partial charge in [0, 0.05) is 19.8 Å². The zero-order valence-electron chi connectivity index (χ0n) is 10.7. The zero-order valence-corrected chi connectivity index (χ0v) is 10.7. The number of hydrogen-bond acceptors (Lipinski definition) is 3. The average Bonchev–Trinajstić information content (AvgIpc) is 2.82. The predicted molar refractivity (Wildman–Crippen MR) is 67.8 cm³/mol. The van der Waals surface area contributed by atoms with E-state index >= 15 is 0 Å². The van der Waals surface area contributed by atoms with Gasteiger partial charge < -0.3 is 14.8 Å². The van der Waals surface area contributed by atoms with Crippen LogP contribution in [0.1, 0.15) is 35.6 Å². The normalized spacial score (nSPS) is 15.9. The maximum absolute atomic E-state index is 5.44. The highest BCUT2D eigenvalue weighted by molar-refractivity contribution is 5.34. The van der Waals surface area contributed by atoms with Gasteiger partial charge in [-0.1, -0.05) is 18.2 Å². The zero-order chi connectivity index (χ0) is 12.1. The molecule has 1 aromatic carbocycles. The first kappa shape index (κ1) is 12.6. The van der Waals surface area contributed by atoms with Crippen molar-refractivity contribution in [1.29, 1.82) is 0 Å². The number of hydrogen-bond donors (Lipinski definition) is 1. The van der Waals surface area contributed by atoms with Gasteiger partial charge >= 0.3 is 0 Å². The van der Waals surface area contributed by atoms with E-state index < -0.39 is 0 Å². The molecule has 17 heavy (non-hydrogen) atoms. The van der Waals surface area contributed by atoms with Gasteiger partial charge in [0.2, 0.25) is 0 Å². The van der Waals surface area contributed by atoms with Crippen molar-refractivity contribution in [3.63, 3.8) is 0 Å². The summed E-state index contributed by atoms with van der Waals surface area (Å²) in [4.78, 5) is 0.